The Morgan fingerprint density at radius 3 is 1.50 bits per heavy atom. The van der Waals surface area contributed by atoms with Crippen LogP contribution in [0.3, 0.4) is 0 Å². The summed E-state index contributed by atoms with van der Waals surface area (Å²) in [6, 6.07) is 14.9. The molecule has 0 fully saturated rings. The monoisotopic (exact) mass is 252 g/mol. The molecule has 0 bridgehead atoms. The average molecular weight is 253 g/mol. The van der Waals surface area contributed by atoms with E-state index in [0.29, 0.717) is 10.0 Å². The van der Waals surface area contributed by atoms with E-state index in [1.54, 1.807) is 0 Å². The Balaban J connectivity index is 2.02. The third-order valence-electron chi connectivity index (χ3n) is 2.00. The molecule has 0 spiro atoms. The molecule has 0 atom stereocenters. The SMILES string of the molecule is Clc1cccc(NNc2cccc(Cl)c2)c1. The number of hydrogen-bond donors (Lipinski definition) is 2. The van der Waals surface area contributed by atoms with Gasteiger partial charge in [0.25, 0.3) is 0 Å². The van der Waals surface area contributed by atoms with Crippen molar-refractivity contribution in [2.45, 2.75) is 0 Å². The Hall–Kier alpha value is -1.38. The maximum Gasteiger partial charge on any atom is 0.0554 e. The molecule has 2 nitrogen and oxygen atoms in total. The molecule has 4 heteroatoms. The van der Waals surface area contributed by atoms with Crippen molar-refractivity contribution in [3.63, 3.8) is 0 Å². The van der Waals surface area contributed by atoms with Crippen LogP contribution in [-0.4, -0.2) is 0 Å². The summed E-state index contributed by atoms with van der Waals surface area (Å²) in [5.74, 6) is 0. The van der Waals surface area contributed by atoms with Crippen molar-refractivity contribution in [3.05, 3.63) is 58.6 Å². The fourth-order valence-corrected chi connectivity index (χ4v) is 1.66. The Morgan fingerprint density at radius 2 is 1.12 bits per heavy atom. The molecular formula is C12H10Cl2N2. The third kappa shape index (κ3) is 3.05. The number of hydrogen-bond acceptors (Lipinski definition) is 2. The average Bonchev–Trinajstić information content (AvgIpc) is 2.27. The number of anilines is 2. The topological polar surface area (TPSA) is 24.1 Å². The maximum atomic E-state index is 5.86. The molecule has 0 unspecified atom stereocenters. The van der Waals surface area contributed by atoms with E-state index in [-0.39, 0.29) is 0 Å². The summed E-state index contributed by atoms with van der Waals surface area (Å²) in [6.45, 7) is 0. The number of nitrogens with one attached hydrogen (secondary N) is 2. The first-order chi connectivity index (χ1) is 7.74. The van der Waals surface area contributed by atoms with E-state index in [1.165, 1.54) is 0 Å². The summed E-state index contributed by atoms with van der Waals surface area (Å²) >= 11 is 11.7. The fourth-order valence-electron chi connectivity index (χ4n) is 1.28. The van der Waals surface area contributed by atoms with Crippen LogP contribution in [-0.2, 0) is 0 Å². The summed E-state index contributed by atoms with van der Waals surface area (Å²) in [5, 5.41) is 1.38. The molecule has 0 aliphatic rings. The highest BCUT2D eigenvalue weighted by Crippen LogP contribution is 2.17. The van der Waals surface area contributed by atoms with E-state index in [4.69, 9.17) is 23.2 Å². The van der Waals surface area contributed by atoms with Gasteiger partial charge < -0.3 is 10.9 Å². The van der Waals surface area contributed by atoms with Crippen molar-refractivity contribution in [1.82, 2.24) is 0 Å². The molecule has 16 heavy (non-hydrogen) atoms. The zero-order valence-corrected chi connectivity index (χ0v) is 9.89. The van der Waals surface area contributed by atoms with Crippen molar-refractivity contribution in [2.75, 3.05) is 10.9 Å². The van der Waals surface area contributed by atoms with Crippen LogP contribution < -0.4 is 10.9 Å². The second-order valence-corrected chi connectivity index (χ2v) is 4.14. The van der Waals surface area contributed by atoms with Gasteiger partial charge in [-0.1, -0.05) is 35.3 Å². The number of hydrazine groups is 1. The Morgan fingerprint density at radius 1 is 0.688 bits per heavy atom. The standard InChI is InChI=1S/C12H10Cl2N2/c13-9-3-1-5-11(7-9)15-16-12-6-2-4-10(14)8-12/h1-8,15-16H. The predicted octanol–water partition coefficient (Wildman–Crippen LogP) is 4.43. The highest BCUT2D eigenvalue weighted by atomic mass is 35.5. The van der Waals surface area contributed by atoms with Crippen molar-refractivity contribution in [1.29, 1.82) is 0 Å². The molecule has 2 aromatic carbocycles. The molecular weight excluding hydrogens is 243 g/mol. The Bertz CT molecular complexity index is 440. The van der Waals surface area contributed by atoms with Gasteiger partial charge in [-0.15, -0.1) is 0 Å². The molecule has 2 N–H and O–H groups in total. The molecule has 0 aliphatic heterocycles. The molecule has 0 saturated heterocycles. The smallest absolute Gasteiger partial charge is 0.0554 e. The minimum Gasteiger partial charge on any atom is -0.301 e. The lowest BCUT2D eigenvalue weighted by molar-refractivity contribution is 1.41. The predicted molar refractivity (Wildman–Crippen MR) is 70.1 cm³/mol. The molecule has 0 aliphatic carbocycles. The number of benzene rings is 2. The summed E-state index contributed by atoms with van der Waals surface area (Å²) < 4.78 is 0. The summed E-state index contributed by atoms with van der Waals surface area (Å²) in [6.07, 6.45) is 0. The third-order valence-corrected chi connectivity index (χ3v) is 2.47. The first kappa shape index (κ1) is 11.1. The lowest BCUT2D eigenvalue weighted by Gasteiger charge is -2.09. The molecule has 0 heterocycles. The highest BCUT2D eigenvalue weighted by Gasteiger charge is 1.94. The summed E-state index contributed by atoms with van der Waals surface area (Å²) in [7, 11) is 0. The first-order valence-electron chi connectivity index (χ1n) is 4.77. The van der Waals surface area contributed by atoms with Gasteiger partial charge in [-0.2, -0.15) is 0 Å². The van der Waals surface area contributed by atoms with Crippen LogP contribution in [0.1, 0.15) is 0 Å². The van der Waals surface area contributed by atoms with Crippen LogP contribution in [0, 0.1) is 0 Å². The van der Waals surface area contributed by atoms with Crippen LogP contribution in [0.4, 0.5) is 11.4 Å². The van der Waals surface area contributed by atoms with Crippen LogP contribution in [0.15, 0.2) is 48.5 Å². The summed E-state index contributed by atoms with van der Waals surface area (Å²) in [4.78, 5) is 0. The lowest BCUT2D eigenvalue weighted by Crippen LogP contribution is -2.08. The molecule has 0 aromatic heterocycles. The van der Waals surface area contributed by atoms with E-state index in [1.807, 2.05) is 48.5 Å². The van der Waals surface area contributed by atoms with Crippen LogP contribution in [0.5, 0.6) is 0 Å². The molecule has 0 saturated carbocycles. The van der Waals surface area contributed by atoms with E-state index in [2.05, 4.69) is 10.9 Å². The van der Waals surface area contributed by atoms with E-state index >= 15 is 0 Å². The van der Waals surface area contributed by atoms with Gasteiger partial charge in [0.15, 0.2) is 0 Å². The second-order valence-electron chi connectivity index (χ2n) is 3.27. The quantitative estimate of drug-likeness (QED) is 0.790. The van der Waals surface area contributed by atoms with Gasteiger partial charge in [0.1, 0.15) is 0 Å². The zero-order chi connectivity index (χ0) is 11.4. The normalized spacial score (nSPS) is 9.88. The van der Waals surface area contributed by atoms with Crippen molar-refractivity contribution in [3.8, 4) is 0 Å². The van der Waals surface area contributed by atoms with Gasteiger partial charge in [-0.25, -0.2) is 0 Å². The number of halogens is 2. The van der Waals surface area contributed by atoms with Crippen molar-refractivity contribution >= 4 is 34.6 Å². The van der Waals surface area contributed by atoms with Crippen molar-refractivity contribution in [2.24, 2.45) is 0 Å². The van der Waals surface area contributed by atoms with E-state index in [9.17, 15) is 0 Å². The van der Waals surface area contributed by atoms with Gasteiger partial charge in [-0.3, -0.25) is 0 Å². The largest absolute Gasteiger partial charge is 0.301 e. The Kier molecular flexibility index (Phi) is 3.54. The van der Waals surface area contributed by atoms with Gasteiger partial charge in [0.2, 0.25) is 0 Å². The fraction of sp³-hybridized carbons (Fsp3) is 0. The zero-order valence-electron chi connectivity index (χ0n) is 8.37. The second kappa shape index (κ2) is 5.10. The van der Waals surface area contributed by atoms with Gasteiger partial charge >= 0.3 is 0 Å². The Labute approximate surface area is 104 Å². The number of rotatable bonds is 3. The maximum absolute atomic E-state index is 5.86. The van der Waals surface area contributed by atoms with Gasteiger partial charge in [0, 0.05) is 10.0 Å². The van der Waals surface area contributed by atoms with Crippen molar-refractivity contribution < 1.29 is 0 Å². The van der Waals surface area contributed by atoms with Crippen LogP contribution in [0.25, 0.3) is 0 Å². The minimum absolute atomic E-state index is 0.692. The minimum atomic E-state index is 0.692. The highest BCUT2D eigenvalue weighted by molar-refractivity contribution is 6.31. The summed E-state index contributed by atoms with van der Waals surface area (Å²) in [5.41, 5.74) is 7.86. The molecule has 2 rings (SSSR count). The first-order valence-corrected chi connectivity index (χ1v) is 5.53. The molecule has 2 aromatic rings. The molecule has 0 amide bonds. The van der Waals surface area contributed by atoms with E-state index in [0.717, 1.165) is 11.4 Å². The lowest BCUT2D eigenvalue weighted by atomic mass is 10.3. The van der Waals surface area contributed by atoms with Gasteiger partial charge in [0.05, 0.1) is 11.4 Å². The molecule has 82 valence electrons. The van der Waals surface area contributed by atoms with Crippen LogP contribution >= 0.6 is 23.2 Å². The van der Waals surface area contributed by atoms with Gasteiger partial charge in [-0.05, 0) is 36.4 Å². The van der Waals surface area contributed by atoms with E-state index < -0.39 is 0 Å². The molecule has 0 radical (unpaired) electrons. The van der Waals surface area contributed by atoms with Crippen LogP contribution in [0.2, 0.25) is 10.0 Å².